The molecule has 2 heterocycles. The maximum atomic E-state index is 10.4. The second kappa shape index (κ2) is 8.20. The van der Waals surface area contributed by atoms with Gasteiger partial charge in [-0.15, -0.1) is 11.3 Å². The molecule has 2 aromatic carbocycles. The monoisotopic (exact) mass is 411 g/mol. The van der Waals surface area contributed by atoms with Crippen molar-refractivity contribution in [3.05, 3.63) is 70.1 Å². The van der Waals surface area contributed by atoms with Crippen LogP contribution in [0.25, 0.3) is 10.1 Å². The van der Waals surface area contributed by atoms with Crippen molar-refractivity contribution in [2.75, 3.05) is 6.61 Å². The molecule has 1 aromatic heterocycles. The topological polar surface area (TPSA) is 114 Å². The van der Waals surface area contributed by atoms with Crippen molar-refractivity contribution in [1.29, 1.82) is 5.26 Å². The molecule has 0 radical (unpaired) electrons. The average molecular weight is 411 g/mol. The lowest BCUT2D eigenvalue weighted by atomic mass is 9.88. The first-order valence-electron chi connectivity index (χ1n) is 9.32. The van der Waals surface area contributed by atoms with Gasteiger partial charge >= 0.3 is 0 Å². The Labute approximate surface area is 171 Å². The summed E-state index contributed by atoms with van der Waals surface area (Å²) in [5, 5.41) is 50.7. The molecule has 0 bridgehead atoms. The number of nitriles is 1. The summed E-state index contributed by atoms with van der Waals surface area (Å²) in [5.41, 5.74) is 1.68. The van der Waals surface area contributed by atoms with Crippen molar-refractivity contribution >= 4 is 21.4 Å². The van der Waals surface area contributed by atoms with Crippen molar-refractivity contribution in [2.45, 2.75) is 36.9 Å². The number of rotatable bonds is 4. The fourth-order valence-corrected chi connectivity index (χ4v) is 4.84. The number of thiophene rings is 1. The summed E-state index contributed by atoms with van der Waals surface area (Å²) in [5.74, 6) is 0. The number of benzene rings is 2. The van der Waals surface area contributed by atoms with Crippen molar-refractivity contribution in [3.63, 3.8) is 0 Å². The number of ether oxygens (including phenoxy) is 1. The first-order chi connectivity index (χ1) is 14.0. The van der Waals surface area contributed by atoms with E-state index < -0.39 is 37.1 Å². The van der Waals surface area contributed by atoms with Crippen molar-refractivity contribution in [3.8, 4) is 6.07 Å². The second-order valence-electron chi connectivity index (χ2n) is 7.21. The molecule has 0 saturated carbocycles. The number of hydrogen-bond acceptors (Lipinski definition) is 7. The van der Waals surface area contributed by atoms with E-state index in [1.54, 1.807) is 23.5 Å². The zero-order valence-corrected chi connectivity index (χ0v) is 16.3. The molecule has 0 amide bonds. The molecule has 7 heteroatoms. The van der Waals surface area contributed by atoms with E-state index in [1.165, 1.54) is 10.1 Å². The Balaban J connectivity index is 1.67. The molecular formula is C22H21NO5S. The summed E-state index contributed by atoms with van der Waals surface area (Å²) in [6.45, 7) is -0.509. The largest absolute Gasteiger partial charge is 0.394 e. The lowest BCUT2D eigenvalue weighted by molar-refractivity contribution is -0.231. The molecule has 4 N–H and O–H groups in total. The van der Waals surface area contributed by atoms with E-state index >= 15 is 0 Å². The third-order valence-corrected chi connectivity index (χ3v) is 6.41. The Morgan fingerprint density at radius 1 is 1.00 bits per heavy atom. The predicted octanol–water partition coefficient (Wildman–Crippen LogP) is 1.88. The Morgan fingerprint density at radius 2 is 1.79 bits per heavy atom. The van der Waals surface area contributed by atoms with Crippen LogP contribution in [0.3, 0.4) is 0 Å². The molecule has 150 valence electrons. The van der Waals surface area contributed by atoms with Gasteiger partial charge in [0, 0.05) is 21.6 Å². The molecule has 1 aliphatic heterocycles. The molecule has 1 aliphatic rings. The summed E-state index contributed by atoms with van der Waals surface area (Å²) in [4.78, 5) is 1.16. The maximum absolute atomic E-state index is 10.4. The van der Waals surface area contributed by atoms with E-state index in [0.29, 0.717) is 17.5 Å². The third kappa shape index (κ3) is 3.79. The number of aliphatic hydroxyl groups excluding tert-OH is 4. The van der Waals surface area contributed by atoms with Gasteiger partial charge in [0.1, 0.15) is 30.5 Å². The van der Waals surface area contributed by atoms with Crippen LogP contribution in [0.15, 0.2) is 48.5 Å². The van der Waals surface area contributed by atoms with Gasteiger partial charge in [-0.2, -0.15) is 5.26 Å². The number of aliphatic hydroxyl groups is 4. The van der Waals surface area contributed by atoms with Gasteiger partial charge in [-0.25, -0.2) is 0 Å². The van der Waals surface area contributed by atoms with Crippen LogP contribution < -0.4 is 0 Å². The van der Waals surface area contributed by atoms with Crippen LogP contribution in [-0.2, 0) is 11.2 Å². The van der Waals surface area contributed by atoms with Gasteiger partial charge in [0.05, 0.1) is 18.2 Å². The minimum Gasteiger partial charge on any atom is -0.394 e. The molecule has 1 saturated heterocycles. The van der Waals surface area contributed by atoms with E-state index in [2.05, 4.69) is 24.3 Å². The van der Waals surface area contributed by atoms with Gasteiger partial charge in [0.2, 0.25) is 0 Å². The van der Waals surface area contributed by atoms with Gasteiger partial charge in [-0.05, 0) is 29.1 Å². The summed E-state index contributed by atoms with van der Waals surface area (Å²) >= 11 is 1.70. The third-order valence-electron chi connectivity index (χ3n) is 5.29. The molecule has 0 aliphatic carbocycles. The summed E-state index contributed by atoms with van der Waals surface area (Å²) < 4.78 is 6.85. The molecule has 6 nitrogen and oxygen atoms in total. The predicted molar refractivity (Wildman–Crippen MR) is 109 cm³/mol. The van der Waals surface area contributed by atoms with E-state index in [-0.39, 0.29) is 0 Å². The van der Waals surface area contributed by atoms with E-state index in [9.17, 15) is 25.7 Å². The zero-order chi connectivity index (χ0) is 20.5. The number of fused-ring (bicyclic) bond motifs is 1. The normalized spacial score (nSPS) is 27.1. The molecule has 4 rings (SSSR count). The van der Waals surface area contributed by atoms with Crippen LogP contribution >= 0.6 is 11.3 Å². The molecule has 3 aromatic rings. The standard InChI is InChI=1S/C22H21NO5S/c23-10-14-6-5-12(7-15-9-13-3-1-2-4-18(13)29-15)8-16(14)22-21(27)20(26)19(25)17(11-24)28-22/h1-6,8-9,17,19-22,24-27H,7,11H2/t17-,19-,20+,21-,22+/m1/s1. The maximum Gasteiger partial charge on any atom is 0.113 e. The summed E-state index contributed by atoms with van der Waals surface area (Å²) in [7, 11) is 0. The van der Waals surface area contributed by atoms with Crippen LogP contribution in [0.5, 0.6) is 0 Å². The van der Waals surface area contributed by atoms with Gasteiger partial charge in [-0.3, -0.25) is 0 Å². The van der Waals surface area contributed by atoms with Crippen LogP contribution in [0.4, 0.5) is 0 Å². The summed E-state index contributed by atoms with van der Waals surface area (Å²) in [6, 6.07) is 17.7. The van der Waals surface area contributed by atoms with Crippen molar-refractivity contribution in [1.82, 2.24) is 0 Å². The number of nitrogens with zero attached hydrogens (tertiary/aromatic N) is 1. The highest BCUT2D eigenvalue weighted by Crippen LogP contribution is 2.35. The fraction of sp³-hybridized carbons (Fsp3) is 0.318. The van der Waals surface area contributed by atoms with Gasteiger partial charge in [0.15, 0.2) is 0 Å². The van der Waals surface area contributed by atoms with Gasteiger partial charge < -0.3 is 25.2 Å². The Kier molecular flexibility index (Phi) is 5.65. The fourth-order valence-electron chi connectivity index (χ4n) is 3.74. The van der Waals surface area contributed by atoms with Crippen LogP contribution in [0, 0.1) is 11.3 Å². The first kappa shape index (κ1) is 20.0. The van der Waals surface area contributed by atoms with Crippen molar-refractivity contribution in [2.24, 2.45) is 0 Å². The number of hydrogen-bond donors (Lipinski definition) is 4. The smallest absolute Gasteiger partial charge is 0.113 e. The second-order valence-corrected chi connectivity index (χ2v) is 8.38. The molecule has 5 atom stereocenters. The van der Waals surface area contributed by atoms with Crippen molar-refractivity contribution < 1.29 is 25.2 Å². The minimum absolute atomic E-state index is 0.314. The van der Waals surface area contributed by atoms with E-state index in [4.69, 9.17) is 4.74 Å². The van der Waals surface area contributed by atoms with Crippen LogP contribution in [-0.4, -0.2) is 51.4 Å². The van der Waals surface area contributed by atoms with Crippen LogP contribution in [0.1, 0.15) is 27.7 Å². The summed E-state index contributed by atoms with van der Waals surface area (Å²) in [6.07, 6.45) is -5.73. The van der Waals surface area contributed by atoms with E-state index in [0.717, 1.165) is 10.4 Å². The molecular weight excluding hydrogens is 390 g/mol. The van der Waals surface area contributed by atoms with Gasteiger partial charge in [0.25, 0.3) is 0 Å². The zero-order valence-electron chi connectivity index (χ0n) is 15.5. The average Bonchev–Trinajstić information content (AvgIpc) is 3.14. The molecule has 1 fully saturated rings. The molecule has 0 spiro atoms. The minimum atomic E-state index is -1.48. The van der Waals surface area contributed by atoms with E-state index in [1.807, 2.05) is 18.2 Å². The Hall–Kier alpha value is -2.31. The Bertz CT molecular complexity index is 1020. The highest BCUT2D eigenvalue weighted by atomic mass is 32.1. The lowest BCUT2D eigenvalue weighted by Crippen LogP contribution is -2.55. The highest BCUT2D eigenvalue weighted by molar-refractivity contribution is 7.19. The SMILES string of the molecule is N#Cc1ccc(Cc2cc3ccccc3s2)cc1[C@@H]1O[C@H](CO)[C@@H](O)[C@H](O)[C@H]1O. The molecule has 0 unspecified atom stereocenters. The first-order valence-corrected chi connectivity index (χ1v) is 10.1. The highest BCUT2D eigenvalue weighted by Gasteiger charge is 2.44. The lowest BCUT2D eigenvalue weighted by Gasteiger charge is -2.40. The molecule has 29 heavy (non-hydrogen) atoms. The van der Waals surface area contributed by atoms with Gasteiger partial charge in [-0.1, -0.05) is 30.3 Å². The van der Waals surface area contributed by atoms with Crippen LogP contribution in [0.2, 0.25) is 0 Å². The Morgan fingerprint density at radius 3 is 2.52 bits per heavy atom. The quantitative estimate of drug-likeness (QED) is 0.521.